The van der Waals surface area contributed by atoms with Crippen LogP contribution in [-0.4, -0.2) is 47.0 Å². The zero-order valence-electron chi connectivity index (χ0n) is 11.6. The highest BCUT2D eigenvalue weighted by atomic mass is 15.3. The lowest BCUT2D eigenvalue weighted by molar-refractivity contribution is 0.230. The van der Waals surface area contributed by atoms with Gasteiger partial charge in [-0.05, 0) is 50.0 Å². The number of nitrogens with zero attached hydrogens (tertiary/aromatic N) is 3. The molecular weight excluding hydrogens is 236 g/mol. The summed E-state index contributed by atoms with van der Waals surface area (Å²) in [5, 5.41) is 0. The molecule has 0 aromatic carbocycles. The van der Waals surface area contributed by atoms with Crippen molar-refractivity contribution in [3.8, 4) is 0 Å². The van der Waals surface area contributed by atoms with Crippen LogP contribution in [0.3, 0.4) is 0 Å². The van der Waals surface area contributed by atoms with Crippen LogP contribution in [0.5, 0.6) is 0 Å². The third-order valence-electron chi connectivity index (χ3n) is 4.40. The van der Waals surface area contributed by atoms with Crippen LogP contribution in [0.1, 0.15) is 30.5 Å². The van der Waals surface area contributed by atoms with E-state index in [1.165, 1.54) is 51.0 Å². The molecule has 1 aromatic rings. The van der Waals surface area contributed by atoms with Gasteiger partial charge in [0.2, 0.25) is 0 Å². The van der Waals surface area contributed by atoms with Crippen LogP contribution < -0.4 is 5.73 Å². The third-order valence-corrected chi connectivity index (χ3v) is 4.40. The van der Waals surface area contributed by atoms with Crippen LogP contribution in [0, 0.1) is 0 Å². The van der Waals surface area contributed by atoms with E-state index in [9.17, 15) is 0 Å². The highest BCUT2D eigenvalue weighted by Crippen LogP contribution is 2.21. The maximum Gasteiger partial charge on any atom is 0.0542 e. The summed E-state index contributed by atoms with van der Waals surface area (Å²) in [7, 11) is 0. The van der Waals surface area contributed by atoms with Crippen molar-refractivity contribution in [3.63, 3.8) is 0 Å². The van der Waals surface area contributed by atoms with E-state index in [1.807, 2.05) is 6.20 Å². The van der Waals surface area contributed by atoms with Crippen LogP contribution in [0.2, 0.25) is 0 Å². The summed E-state index contributed by atoms with van der Waals surface area (Å²) in [4.78, 5) is 9.51. The Morgan fingerprint density at radius 3 is 2.89 bits per heavy atom. The van der Waals surface area contributed by atoms with Gasteiger partial charge in [0.15, 0.2) is 0 Å². The van der Waals surface area contributed by atoms with Gasteiger partial charge in [0.1, 0.15) is 0 Å². The summed E-state index contributed by atoms with van der Waals surface area (Å²) in [5.41, 5.74) is 7.99. The van der Waals surface area contributed by atoms with E-state index < -0.39 is 0 Å². The van der Waals surface area contributed by atoms with Crippen LogP contribution in [-0.2, 0) is 13.1 Å². The number of hydrogen-bond donors (Lipinski definition) is 1. The first-order valence-electron chi connectivity index (χ1n) is 7.45. The van der Waals surface area contributed by atoms with E-state index in [0.29, 0.717) is 6.54 Å². The Balaban J connectivity index is 1.56. The van der Waals surface area contributed by atoms with Gasteiger partial charge in [0, 0.05) is 38.4 Å². The fourth-order valence-electron chi connectivity index (χ4n) is 3.36. The van der Waals surface area contributed by atoms with Crippen molar-refractivity contribution in [1.29, 1.82) is 0 Å². The Kier molecular flexibility index (Phi) is 4.11. The van der Waals surface area contributed by atoms with E-state index >= 15 is 0 Å². The lowest BCUT2D eigenvalue weighted by atomic mass is 10.2. The van der Waals surface area contributed by atoms with E-state index in [4.69, 9.17) is 5.73 Å². The molecule has 1 unspecified atom stereocenters. The van der Waals surface area contributed by atoms with Crippen molar-refractivity contribution in [2.24, 2.45) is 5.73 Å². The van der Waals surface area contributed by atoms with Gasteiger partial charge in [-0.1, -0.05) is 0 Å². The van der Waals surface area contributed by atoms with Crippen molar-refractivity contribution in [3.05, 3.63) is 29.6 Å². The maximum absolute atomic E-state index is 5.65. The van der Waals surface area contributed by atoms with Gasteiger partial charge in [0.25, 0.3) is 0 Å². The summed E-state index contributed by atoms with van der Waals surface area (Å²) in [6, 6.07) is 5.05. The van der Waals surface area contributed by atoms with Crippen molar-refractivity contribution in [2.45, 2.75) is 38.4 Å². The molecule has 104 valence electrons. The standard InChI is InChI=1S/C15H24N4/c16-10-14-9-13(3-5-17-14)11-18-8-4-15(12-18)19-6-1-2-7-19/h3,5,9,15H,1-2,4,6-8,10-12,16H2. The highest BCUT2D eigenvalue weighted by Gasteiger charge is 2.28. The zero-order chi connectivity index (χ0) is 13.1. The third kappa shape index (κ3) is 3.14. The minimum absolute atomic E-state index is 0.532. The molecule has 19 heavy (non-hydrogen) atoms. The molecule has 0 amide bonds. The van der Waals surface area contributed by atoms with Gasteiger partial charge in [-0.3, -0.25) is 14.8 Å². The lowest BCUT2D eigenvalue weighted by Gasteiger charge is -2.23. The van der Waals surface area contributed by atoms with Crippen molar-refractivity contribution in [2.75, 3.05) is 26.2 Å². The Morgan fingerprint density at radius 1 is 1.26 bits per heavy atom. The Morgan fingerprint density at radius 2 is 2.11 bits per heavy atom. The molecule has 3 rings (SSSR count). The Hall–Kier alpha value is -0.970. The molecule has 3 heterocycles. The monoisotopic (exact) mass is 260 g/mol. The Bertz CT molecular complexity index is 414. The van der Waals surface area contributed by atoms with Crippen LogP contribution in [0.4, 0.5) is 0 Å². The summed E-state index contributed by atoms with van der Waals surface area (Å²) < 4.78 is 0. The minimum Gasteiger partial charge on any atom is -0.325 e. The number of pyridine rings is 1. The summed E-state index contributed by atoms with van der Waals surface area (Å²) >= 11 is 0. The highest BCUT2D eigenvalue weighted by molar-refractivity contribution is 5.16. The summed E-state index contributed by atoms with van der Waals surface area (Å²) in [5.74, 6) is 0. The number of nitrogens with two attached hydrogens (primary N) is 1. The first-order chi connectivity index (χ1) is 9.35. The Labute approximate surface area is 115 Å². The second-order valence-corrected chi connectivity index (χ2v) is 5.78. The van der Waals surface area contributed by atoms with E-state index in [1.54, 1.807) is 0 Å². The molecule has 2 aliphatic rings. The predicted octanol–water partition coefficient (Wildman–Crippen LogP) is 1.21. The number of hydrogen-bond acceptors (Lipinski definition) is 4. The molecule has 0 spiro atoms. The topological polar surface area (TPSA) is 45.4 Å². The van der Waals surface area contributed by atoms with Crippen molar-refractivity contribution >= 4 is 0 Å². The second-order valence-electron chi connectivity index (χ2n) is 5.78. The molecule has 0 saturated carbocycles. The average molecular weight is 260 g/mol. The molecule has 2 saturated heterocycles. The largest absolute Gasteiger partial charge is 0.325 e. The molecule has 0 radical (unpaired) electrons. The molecule has 0 aliphatic carbocycles. The minimum atomic E-state index is 0.532. The average Bonchev–Trinajstić information content (AvgIpc) is 3.09. The fraction of sp³-hybridized carbons (Fsp3) is 0.667. The zero-order valence-corrected chi connectivity index (χ0v) is 11.6. The van der Waals surface area contributed by atoms with Gasteiger partial charge in [-0.2, -0.15) is 0 Å². The van der Waals surface area contributed by atoms with Crippen molar-refractivity contribution < 1.29 is 0 Å². The van der Waals surface area contributed by atoms with Crippen LogP contribution in [0.15, 0.2) is 18.3 Å². The first kappa shape index (κ1) is 13.0. The lowest BCUT2D eigenvalue weighted by Crippen LogP contribution is -2.35. The normalized spacial score (nSPS) is 25.2. The first-order valence-corrected chi connectivity index (χ1v) is 7.45. The quantitative estimate of drug-likeness (QED) is 0.884. The van der Waals surface area contributed by atoms with Crippen LogP contribution >= 0.6 is 0 Å². The van der Waals surface area contributed by atoms with Gasteiger partial charge in [-0.15, -0.1) is 0 Å². The van der Waals surface area contributed by atoms with E-state index in [2.05, 4.69) is 26.9 Å². The van der Waals surface area contributed by atoms with Crippen molar-refractivity contribution in [1.82, 2.24) is 14.8 Å². The molecule has 4 heteroatoms. The summed E-state index contributed by atoms with van der Waals surface area (Å²) in [6.45, 7) is 6.64. The molecule has 2 N–H and O–H groups in total. The number of rotatable bonds is 4. The predicted molar refractivity (Wildman–Crippen MR) is 76.6 cm³/mol. The molecule has 4 nitrogen and oxygen atoms in total. The molecule has 1 aromatic heterocycles. The molecule has 2 aliphatic heterocycles. The van der Waals surface area contributed by atoms with E-state index in [-0.39, 0.29) is 0 Å². The van der Waals surface area contributed by atoms with E-state index in [0.717, 1.165) is 18.3 Å². The molecule has 2 fully saturated rings. The number of likely N-dealkylation sites (tertiary alicyclic amines) is 2. The summed E-state index contributed by atoms with van der Waals surface area (Å²) in [6.07, 6.45) is 5.99. The molecule has 0 bridgehead atoms. The smallest absolute Gasteiger partial charge is 0.0542 e. The van der Waals surface area contributed by atoms with Gasteiger partial charge >= 0.3 is 0 Å². The molecule has 1 atom stereocenters. The SMILES string of the molecule is NCc1cc(CN2CCC(N3CCCC3)C2)ccn1. The maximum atomic E-state index is 5.65. The molecular formula is C15H24N4. The van der Waals surface area contributed by atoms with Gasteiger partial charge in [-0.25, -0.2) is 0 Å². The number of aromatic nitrogens is 1. The van der Waals surface area contributed by atoms with Gasteiger partial charge in [0.05, 0.1) is 5.69 Å². The van der Waals surface area contributed by atoms with Gasteiger partial charge < -0.3 is 5.73 Å². The second kappa shape index (κ2) is 5.99. The fourth-order valence-corrected chi connectivity index (χ4v) is 3.36. The van der Waals surface area contributed by atoms with Crippen LogP contribution in [0.25, 0.3) is 0 Å².